The number of imidazole rings is 1. The van der Waals surface area contributed by atoms with Crippen LogP contribution in [0.3, 0.4) is 0 Å². The Hall–Kier alpha value is -2.98. The van der Waals surface area contributed by atoms with Gasteiger partial charge >= 0.3 is 0 Å². The van der Waals surface area contributed by atoms with E-state index in [0.717, 1.165) is 62.0 Å². The fraction of sp³-hybridized carbons (Fsp3) is 0.630. The fourth-order valence-electron chi connectivity index (χ4n) is 5.28. The molecular formula is C27H44N10. The first-order valence-corrected chi connectivity index (χ1v) is 13.7. The molecule has 1 fully saturated rings. The van der Waals surface area contributed by atoms with Crippen LogP contribution in [0, 0.1) is 12.8 Å². The minimum atomic E-state index is 0.276. The van der Waals surface area contributed by atoms with Crippen LogP contribution in [0.5, 0.6) is 0 Å². The van der Waals surface area contributed by atoms with E-state index < -0.39 is 0 Å². The van der Waals surface area contributed by atoms with E-state index in [4.69, 9.17) is 10.7 Å². The second kappa shape index (κ2) is 12.5. The molecule has 1 aliphatic rings. The largest absolute Gasteiger partial charge is 0.380 e. The Morgan fingerprint density at radius 1 is 1.22 bits per heavy atom. The summed E-state index contributed by atoms with van der Waals surface area (Å²) in [5.74, 6) is 2.78. The number of likely N-dealkylation sites (N-methyl/N-ethyl adjacent to an activating group) is 2. The third-order valence-corrected chi connectivity index (χ3v) is 7.28. The molecule has 4 rings (SSSR count). The summed E-state index contributed by atoms with van der Waals surface area (Å²) in [4.78, 5) is 18.7. The zero-order chi connectivity index (χ0) is 26.4. The lowest BCUT2D eigenvalue weighted by Crippen LogP contribution is -2.39. The Bertz CT molecular complexity index is 1150. The van der Waals surface area contributed by atoms with Gasteiger partial charge in [-0.25, -0.2) is 14.5 Å². The third kappa shape index (κ3) is 6.87. The number of nitrogen functional groups attached to an aromatic ring is 1. The highest BCUT2D eigenvalue weighted by Crippen LogP contribution is 2.26. The van der Waals surface area contributed by atoms with E-state index in [1.165, 1.54) is 24.9 Å². The van der Waals surface area contributed by atoms with E-state index >= 15 is 0 Å². The van der Waals surface area contributed by atoms with Crippen molar-refractivity contribution < 1.29 is 0 Å². The van der Waals surface area contributed by atoms with Crippen molar-refractivity contribution in [2.75, 3.05) is 62.8 Å². The summed E-state index contributed by atoms with van der Waals surface area (Å²) < 4.78 is 1.81. The number of anilines is 3. The molecule has 0 radical (unpaired) electrons. The van der Waals surface area contributed by atoms with Gasteiger partial charge in [-0.2, -0.15) is 4.98 Å². The fourth-order valence-corrected chi connectivity index (χ4v) is 5.28. The number of rotatable bonds is 12. The molecule has 3 aromatic heterocycles. The van der Waals surface area contributed by atoms with Gasteiger partial charge in [0.15, 0.2) is 11.5 Å². The second-order valence-corrected chi connectivity index (χ2v) is 10.6. The maximum Gasteiger partial charge on any atom is 0.243 e. The number of nitrogens with zero attached hydrogens (tertiary/aromatic N) is 7. The molecule has 0 amide bonds. The topological polar surface area (TPSA) is 113 Å². The average molecular weight is 509 g/mol. The van der Waals surface area contributed by atoms with E-state index in [0.29, 0.717) is 23.8 Å². The second-order valence-electron chi connectivity index (χ2n) is 10.6. The summed E-state index contributed by atoms with van der Waals surface area (Å²) in [5.41, 5.74) is 10.1. The minimum Gasteiger partial charge on any atom is -0.380 e. The van der Waals surface area contributed by atoms with Crippen LogP contribution < -0.4 is 21.3 Å². The number of pyridine rings is 1. The molecule has 0 saturated carbocycles. The summed E-state index contributed by atoms with van der Waals surface area (Å²) in [6, 6.07) is 2.52. The van der Waals surface area contributed by atoms with Crippen LogP contribution in [-0.2, 0) is 6.42 Å². The van der Waals surface area contributed by atoms with Crippen LogP contribution in [0.1, 0.15) is 56.4 Å². The van der Waals surface area contributed by atoms with Crippen LogP contribution in [-0.4, -0.2) is 82.3 Å². The highest BCUT2D eigenvalue weighted by atomic mass is 15.3. The van der Waals surface area contributed by atoms with E-state index in [1.54, 1.807) is 0 Å². The highest BCUT2D eigenvalue weighted by Gasteiger charge is 2.22. The normalized spacial score (nSPS) is 15.6. The van der Waals surface area contributed by atoms with Gasteiger partial charge in [-0.3, -0.25) is 0 Å². The number of fused-ring (bicyclic) bond motifs is 1. The van der Waals surface area contributed by atoms with Crippen molar-refractivity contribution >= 4 is 23.2 Å². The third-order valence-electron chi connectivity index (χ3n) is 7.28. The van der Waals surface area contributed by atoms with Crippen molar-refractivity contribution in [2.45, 2.75) is 58.9 Å². The molecule has 4 N–H and O–H groups in total. The lowest BCUT2D eigenvalue weighted by atomic mass is 9.96. The SMILES string of the molecule is CCC[C@H](C)Nc1nc(N)c2ncc(Cc3cnc(N4CCC(CN(C)CCNC)CC4)c(C)c3)n2n1. The van der Waals surface area contributed by atoms with Gasteiger partial charge in [-0.15, -0.1) is 5.10 Å². The van der Waals surface area contributed by atoms with E-state index in [2.05, 4.69) is 69.4 Å². The monoisotopic (exact) mass is 508 g/mol. The summed E-state index contributed by atoms with van der Waals surface area (Å²) in [7, 11) is 4.24. The van der Waals surface area contributed by atoms with Gasteiger partial charge < -0.3 is 26.2 Å². The smallest absolute Gasteiger partial charge is 0.243 e. The van der Waals surface area contributed by atoms with Crippen LogP contribution in [0.4, 0.5) is 17.6 Å². The molecule has 3 aromatic rings. The maximum absolute atomic E-state index is 6.20. The van der Waals surface area contributed by atoms with Crippen LogP contribution >= 0.6 is 0 Å². The van der Waals surface area contributed by atoms with Crippen molar-refractivity contribution in [3.05, 3.63) is 35.3 Å². The zero-order valence-electron chi connectivity index (χ0n) is 23.2. The van der Waals surface area contributed by atoms with Gasteiger partial charge in [-0.1, -0.05) is 19.4 Å². The predicted octanol–water partition coefficient (Wildman–Crippen LogP) is 2.97. The van der Waals surface area contributed by atoms with Crippen molar-refractivity contribution in [2.24, 2.45) is 5.92 Å². The number of hydrogen-bond donors (Lipinski definition) is 3. The Morgan fingerprint density at radius 2 is 2.00 bits per heavy atom. The van der Waals surface area contributed by atoms with Crippen molar-refractivity contribution in [1.29, 1.82) is 0 Å². The molecule has 37 heavy (non-hydrogen) atoms. The minimum absolute atomic E-state index is 0.276. The quantitative estimate of drug-likeness (QED) is 0.340. The first-order valence-electron chi connectivity index (χ1n) is 13.7. The number of aromatic nitrogens is 5. The summed E-state index contributed by atoms with van der Waals surface area (Å²) in [6.45, 7) is 11.9. The Morgan fingerprint density at radius 3 is 2.70 bits per heavy atom. The average Bonchev–Trinajstić information content (AvgIpc) is 3.26. The van der Waals surface area contributed by atoms with Gasteiger partial charge in [0, 0.05) is 51.4 Å². The number of aryl methyl sites for hydroxylation is 1. The first kappa shape index (κ1) is 27.1. The highest BCUT2D eigenvalue weighted by molar-refractivity contribution is 5.61. The summed E-state index contributed by atoms with van der Waals surface area (Å²) in [5, 5.41) is 11.3. The molecule has 0 unspecified atom stereocenters. The van der Waals surface area contributed by atoms with Crippen LogP contribution in [0.15, 0.2) is 18.5 Å². The van der Waals surface area contributed by atoms with Crippen LogP contribution in [0.25, 0.3) is 5.65 Å². The summed E-state index contributed by atoms with van der Waals surface area (Å²) in [6.07, 6.45) is 9.06. The molecule has 1 atom stereocenters. The van der Waals surface area contributed by atoms with Crippen molar-refractivity contribution in [3.8, 4) is 0 Å². The molecule has 0 aliphatic carbocycles. The first-order chi connectivity index (χ1) is 17.9. The molecule has 202 valence electrons. The van der Waals surface area contributed by atoms with E-state index in [9.17, 15) is 0 Å². The van der Waals surface area contributed by atoms with Crippen molar-refractivity contribution in [1.82, 2.24) is 34.8 Å². The van der Waals surface area contributed by atoms with Crippen molar-refractivity contribution in [3.63, 3.8) is 0 Å². The lowest BCUT2D eigenvalue weighted by molar-refractivity contribution is 0.249. The molecule has 0 aromatic carbocycles. The number of nitrogens with one attached hydrogen (secondary N) is 2. The molecule has 1 aliphatic heterocycles. The Balaban J connectivity index is 1.41. The Labute approximate surface area is 221 Å². The predicted molar refractivity (Wildman–Crippen MR) is 151 cm³/mol. The van der Waals surface area contributed by atoms with Gasteiger partial charge in [0.25, 0.3) is 0 Å². The van der Waals surface area contributed by atoms with Gasteiger partial charge in [0.05, 0.1) is 11.9 Å². The Kier molecular flexibility index (Phi) is 9.15. The lowest BCUT2D eigenvalue weighted by Gasteiger charge is -2.35. The number of piperidine rings is 1. The molecule has 1 saturated heterocycles. The van der Waals surface area contributed by atoms with E-state index in [1.807, 2.05) is 24.0 Å². The van der Waals surface area contributed by atoms with Gasteiger partial charge in [0.1, 0.15) is 5.82 Å². The zero-order valence-corrected chi connectivity index (χ0v) is 23.2. The number of nitrogens with two attached hydrogens (primary N) is 1. The standard InChI is InChI=1S/C27H44N10/c1-6-7-20(3)32-27-33-24(28)26-31-17-23(37(26)34-27)15-22-14-19(2)25(30-16-22)36-11-8-21(9-12-36)18-35(5)13-10-29-4/h14,16-17,20-21,29H,6-13,15,18H2,1-5H3,(H3,28,32,33,34)/t20-/m0/s1. The molecule has 10 heteroatoms. The van der Waals surface area contributed by atoms with Gasteiger partial charge in [0.2, 0.25) is 5.95 Å². The maximum atomic E-state index is 6.20. The molecule has 4 heterocycles. The molecule has 10 nitrogen and oxygen atoms in total. The molecule has 0 spiro atoms. The molecule has 0 bridgehead atoms. The molecular weight excluding hydrogens is 464 g/mol. The summed E-state index contributed by atoms with van der Waals surface area (Å²) >= 11 is 0. The van der Waals surface area contributed by atoms with E-state index in [-0.39, 0.29) is 6.04 Å². The van der Waals surface area contributed by atoms with Gasteiger partial charge in [-0.05, 0) is 64.3 Å². The number of hydrogen-bond acceptors (Lipinski definition) is 9. The van der Waals surface area contributed by atoms with Crippen LogP contribution in [0.2, 0.25) is 0 Å².